The second-order valence-corrected chi connectivity index (χ2v) is 3.85. The number of rotatable bonds is 4. The molecule has 3 heteroatoms. The Morgan fingerprint density at radius 3 is 2.77 bits per heavy atom. The van der Waals surface area contributed by atoms with Crippen molar-refractivity contribution < 1.29 is 4.74 Å². The molecule has 72 valence electrons. The normalized spacial score (nSPS) is 9.77. The van der Waals surface area contributed by atoms with Crippen LogP contribution in [0.1, 0.15) is 6.92 Å². The predicted octanol–water partition coefficient (Wildman–Crippen LogP) is 2.85. The van der Waals surface area contributed by atoms with Gasteiger partial charge in [-0.05, 0) is 17.9 Å². The average molecular weight is 197 g/mol. The number of benzene rings is 1. The van der Waals surface area contributed by atoms with Crippen molar-refractivity contribution in [1.82, 2.24) is 0 Å². The maximum absolute atomic E-state index is 5.14. The molecule has 2 nitrogen and oxygen atoms in total. The van der Waals surface area contributed by atoms with E-state index in [-0.39, 0.29) is 0 Å². The van der Waals surface area contributed by atoms with Crippen LogP contribution in [-0.4, -0.2) is 19.9 Å². The zero-order valence-electron chi connectivity index (χ0n) is 8.26. The van der Waals surface area contributed by atoms with Gasteiger partial charge in [-0.2, -0.15) is 0 Å². The number of hydrogen-bond acceptors (Lipinski definition) is 3. The van der Waals surface area contributed by atoms with Crippen molar-refractivity contribution in [1.29, 1.82) is 0 Å². The molecule has 1 N–H and O–H groups in total. The van der Waals surface area contributed by atoms with Crippen molar-refractivity contribution in [3.63, 3.8) is 0 Å². The second kappa shape index (κ2) is 5.02. The minimum atomic E-state index is 0.893. The van der Waals surface area contributed by atoms with Crippen molar-refractivity contribution in [3.8, 4) is 5.75 Å². The van der Waals surface area contributed by atoms with E-state index in [1.54, 1.807) is 7.11 Å². The highest BCUT2D eigenvalue weighted by molar-refractivity contribution is 7.99. The molecule has 0 aliphatic rings. The SMILES string of the molecule is CCSc1ccc(OC)cc1NC. The van der Waals surface area contributed by atoms with Crippen LogP contribution in [0.15, 0.2) is 23.1 Å². The van der Waals surface area contributed by atoms with Crippen LogP contribution in [-0.2, 0) is 0 Å². The Morgan fingerprint density at radius 1 is 1.46 bits per heavy atom. The minimum Gasteiger partial charge on any atom is -0.497 e. The van der Waals surface area contributed by atoms with E-state index < -0.39 is 0 Å². The Balaban J connectivity index is 2.93. The van der Waals surface area contributed by atoms with Gasteiger partial charge in [-0.1, -0.05) is 6.92 Å². The van der Waals surface area contributed by atoms with Crippen molar-refractivity contribution in [3.05, 3.63) is 18.2 Å². The van der Waals surface area contributed by atoms with Crippen molar-refractivity contribution >= 4 is 17.4 Å². The summed E-state index contributed by atoms with van der Waals surface area (Å²) in [4.78, 5) is 1.27. The topological polar surface area (TPSA) is 21.3 Å². The third-order valence-corrected chi connectivity index (χ3v) is 2.71. The largest absolute Gasteiger partial charge is 0.497 e. The molecule has 0 fully saturated rings. The molecule has 0 radical (unpaired) electrons. The number of ether oxygens (including phenoxy) is 1. The van der Waals surface area contributed by atoms with Crippen LogP contribution in [0.2, 0.25) is 0 Å². The highest BCUT2D eigenvalue weighted by Crippen LogP contribution is 2.30. The molecular weight excluding hydrogens is 182 g/mol. The second-order valence-electron chi connectivity index (χ2n) is 2.55. The summed E-state index contributed by atoms with van der Waals surface area (Å²) in [6, 6.07) is 6.08. The lowest BCUT2D eigenvalue weighted by atomic mass is 10.3. The van der Waals surface area contributed by atoms with Crippen LogP contribution >= 0.6 is 11.8 Å². The molecule has 0 atom stereocenters. The molecule has 0 amide bonds. The number of nitrogens with one attached hydrogen (secondary N) is 1. The van der Waals surface area contributed by atoms with Gasteiger partial charge in [0, 0.05) is 18.0 Å². The predicted molar refractivity (Wildman–Crippen MR) is 58.9 cm³/mol. The fourth-order valence-corrected chi connectivity index (χ4v) is 1.90. The van der Waals surface area contributed by atoms with Gasteiger partial charge in [-0.3, -0.25) is 0 Å². The monoisotopic (exact) mass is 197 g/mol. The molecule has 0 aliphatic heterocycles. The summed E-state index contributed by atoms with van der Waals surface area (Å²) >= 11 is 1.83. The number of methoxy groups -OCH3 is 1. The van der Waals surface area contributed by atoms with E-state index in [4.69, 9.17) is 4.74 Å². The van der Waals surface area contributed by atoms with Crippen LogP contribution in [0, 0.1) is 0 Å². The number of hydrogen-bond donors (Lipinski definition) is 1. The average Bonchev–Trinajstić information content (AvgIpc) is 2.19. The molecule has 0 aromatic heterocycles. The molecule has 0 heterocycles. The molecule has 0 unspecified atom stereocenters. The lowest BCUT2D eigenvalue weighted by Gasteiger charge is -2.09. The molecule has 1 rings (SSSR count). The fraction of sp³-hybridized carbons (Fsp3) is 0.400. The highest BCUT2D eigenvalue weighted by Gasteiger charge is 2.01. The minimum absolute atomic E-state index is 0.893. The van der Waals surface area contributed by atoms with Gasteiger partial charge in [0.25, 0.3) is 0 Å². The van der Waals surface area contributed by atoms with E-state index >= 15 is 0 Å². The van der Waals surface area contributed by atoms with Crippen molar-refractivity contribution in [2.75, 3.05) is 25.2 Å². The smallest absolute Gasteiger partial charge is 0.121 e. The Hall–Kier alpha value is -0.830. The van der Waals surface area contributed by atoms with Crippen LogP contribution in [0.25, 0.3) is 0 Å². The molecule has 1 aromatic rings. The first-order valence-corrected chi connectivity index (χ1v) is 5.29. The molecule has 0 saturated heterocycles. The quantitative estimate of drug-likeness (QED) is 0.750. The first-order chi connectivity index (χ1) is 6.31. The third kappa shape index (κ3) is 2.56. The summed E-state index contributed by atoms with van der Waals surface area (Å²) in [5.41, 5.74) is 1.13. The first-order valence-electron chi connectivity index (χ1n) is 4.30. The van der Waals surface area contributed by atoms with E-state index in [1.807, 2.05) is 30.9 Å². The van der Waals surface area contributed by atoms with Gasteiger partial charge in [0.05, 0.1) is 12.8 Å². The molecule has 0 spiro atoms. The van der Waals surface area contributed by atoms with E-state index in [2.05, 4.69) is 18.3 Å². The zero-order chi connectivity index (χ0) is 9.68. The van der Waals surface area contributed by atoms with Gasteiger partial charge in [-0.25, -0.2) is 0 Å². The van der Waals surface area contributed by atoms with Gasteiger partial charge in [0.2, 0.25) is 0 Å². The van der Waals surface area contributed by atoms with Crippen molar-refractivity contribution in [2.24, 2.45) is 0 Å². The number of thioether (sulfide) groups is 1. The van der Waals surface area contributed by atoms with Crippen LogP contribution in [0.5, 0.6) is 5.75 Å². The van der Waals surface area contributed by atoms with E-state index in [9.17, 15) is 0 Å². The Morgan fingerprint density at radius 2 is 2.23 bits per heavy atom. The summed E-state index contributed by atoms with van der Waals surface area (Å²) in [6.07, 6.45) is 0. The van der Waals surface area contributed by atoms with Gasteiger partial charge in [0.15, 0.2) is 0 Å². The summed E-state index contributed by atoms with van der Waals surface area (Å²) in [6.45, 7) is 2.15. The lowest BCUT2D eigenvalue weighted by molar-refractivity contribution is 0.414. The summed E-state index contributed by atoms with van der Waals surface area (Å²) in [5.74, 6) is 1.98. The standard InChI is InChI=1S/C10H15NOS/c1-4-13-10-6-5-8(12-3)7-9(10)11-2/h5-7,11H,4H2,1-3H3. The van der Waals surface area contributed by atoms with E-state index in [0.29, 0.717) is 0 Å². The maximum atomic E-state index is 5.14. The van der Waals surface area contributed by atoms with E-state index in [1.165, 1.54) is 4.90 Å². The fourth-order valence-electron chi connectivity index (χ4n) is 1.11. The highest BCUT2D eigenvalue weighted by atomic mass is 32.2. The molecular formula is C10H15NOS. The summed E-state index contributed by atoms with van der Waals surface area (Å²) < 4.78 is 5.14. The van der Waals surface area contributed by atoms with Crippen molar-refractivity contribution in [2.45, 2.75) is 11.8 Å². The van der Waals surface area contributed by atoms with Gasteiger partial charge in [-0.15, -0.1) is 11.8 Å². The molecule has 13 heavy (non-hydrogen) atoms. The first kappa shape index (κ1) is 10.3. The lowest BCUT2D eigenvalue weighted by Crippen LogP contribution is -1.92. The number of anilines is 1. The van der Waals surface area contributed by atoms with Gasteiger partial charge < -0.3 is 10.1 Å². The molecule has 0 aliphatic carbocycles. The molecule has 1 aromatic carbocycles. The van der Waals surface area contributed by atoms with Gasteiger partial charge >= 0.3 is 0 Å². The summed E-state index contributed by atoms with van der Waals surface area (Å²) in [7, 11) is 3.61. The van der Waals surface area contributed by atoms with E-state index in [0.717, 1.165) is 17.2 Å². The molecule has 0 saturated carbocycles. The van der Waals surface area contributed by atoms with Crippen LogP contribution in [0.3, 0.4) is 0 Å². The zero-order valence-corrected chi connectivity index (χ0v) is 9.07. The Bertz CT molecular complexity index is 276. The Labute approximate surface area is 83.7 Å². The molecule has 0 bridgehead atoms. The summed E-state index contributed by atoms with van der Waals surface area (Å²) in [5, 5.41) is 3.15. The van der Waals surface area contributed by atoms with Gasteiger partial charge in [0.1, 0.15) is 5.75 Å². The van der Waals surface area contributed by atoms with Crippen LogP contribution in [0.4, 0.5) is 5.69 Å². The van der Waals surface area contributed by atoms with Crippen LogP contribution < -0.4 is 10.1 Å². The Kier molecular flexibility index (Phi) is 3.96. The third-order valence-electron chi connectivity index (χ3n) is 1.76. The maximum Gasteiger partial charge on any atom is 0.121 e.